The Balaban J connectivity index is 2.81. The highest BCUT2D eigenvalue weighted by atomic mass is 32.3. The van der Waals surface area contributed by atoms with Crippen LogP contribution in [-0.2, 0) is 67.9 Å². The van der Waals surface area contributed by atoms with Crippen molar-refractivity contribution in [3.8, 4) is 0 Å². The molecule has 1 aliphatic heterocycles. The number of unbranched alkanes of at least 4 members (excludes halogenated alkanes) is 4. The normalized spacial score (nSPS) is 23.4. The van der Waals surface area contributed by atoms with Gasteiger partial charge in [0.05, 0.1) is 24.4 Å². The number of carbonyl (C=O) groups is 1. The molecule has 5 unspecified atom stereocenters. The Labute approximate surface area is 373 Å². The monoisotopic (exact) mass is 974 g/mol. The van der Waals surface area contributed by atoms with E-state index < -0.39 is 72.1 Å². The highest BCUT2D eigenvalue weighted by Gasteiger charge is 2.27. The fourth-order valence-corrected chi connectivity index (χ4v) is 10.1. The van der Waals surface area contributed by atoms with Crippen LogP contribution in [0.2, 0.25) is 0 Å². The van der Waals surface area contributed by atoms with Crippen LogP contribution in [0.25, 0.3) is 0 Å². The van der Waals surface area contributed by atoms with Crippen LogP contribution >= 0.6 is 0 Å². The fraction of sp³-hybridized carbons (Fsp3) is 0.975. The van der Waals surface area contributed by atoms with Crippen molar-refractivity contribution in [1.82, 2.24) is 0 Å². The molecule has 0 aromatic carbocycles. The van der Waals surface area contributed by atoms with Gasteiger partial charge in [0.15, 0.2) is 0 Å². The van der Waals surface area contributed by atoms with Gasteiger partial charge in [-0.15, -0.1) is 0 Å². The van der Waals surface area contributed by atoms with E-state index in [1.807, 2.05) is 0 Å². The molecule has 22 heteroatoms. The number of hydrogen-bond donors (Lipinski definition) is 4. The smallest absolute Gasteiger partial charge is 0.397 e. The zero-order valence-electron chi connectivity index (χ0n) is 36.9. The molecule has 0 spiro atoms. The molecule has 1 saturated heterocycles. The SMILES string of the molecule is CC(CCCCCCCC(CC1CCCCCCCCCCCC(OS(=O)(=O)O)CC(OS(=O)(=O)O)CCCCCCCCCCCCCC(=O)O1)OS(=O)(=O)O)OS(=O)(=O)O. The summed E-state index contributed by atoms with van der Waals surface area (Å²) in [5.41, 5.74) is 0. The van der Waals surface area contributed by atoms with E-state index in [-0.39, 0.29) is 38.1 Å². The topological polar surface area (TPSA) is 281 Å². The van der Waals surface area contributed by atoms with Crippen LogP contribution in [0.3, 0.4) is 0 Å². The summed E-state index contributed by atoms with van der Waals surface area (Å²) in [6.45, 7) is 1.55. The van der Waals surface area contributed by atoms with Gasteiger partial charge in [-0.05, 0) is 51.9 Å². The van der Waals surface area contributed by atoms with Crippen LogP contribution < -0.4 is 0 Å². The molecule has 1 aliphatic rings. The van der Waals surface area contributed by atoms with E-state index in [0.29, 0.717) is 51.4 Å². The van der Waals surface area contributed by atoms with E-state index in [1.165, 1.54) is 0 Å². The van der Waals surface area contributed by atoms with Gasteiger partial charge >= 0.3 is 47.6 Å². The van der Waals surface area contributed by atoms with Crippen LogP contribution in [-0.4, -0.2) is 88.4 Å². The van der Waals surface area contributed by atoms with E-state index in [1.54, 1.807) is 6.92 Å². The minimum Gasteiger partial charge on any atom is -0.462 e. The van der Waals surface area contributed by atoms with Gasteiger partial charge in [-0.2, -0.15) is 33.7 Å². The van der Waals surface area contributed by atoms with Gasteiger partial charge in [-0.3, -0.25) is 23.0 Å². The average Bonchev–Trinajstić information content (AvgIpc) is 3.12. The first-order chi connectivity index (χ1) is 29.1. The molecular formula is C40H78O18S4. The quantitative estimate of drug-likeness (QED) is 0.0565. The molecule has 0 aliphatic carbocycles. The maximum Gasteiger partial charge on any atom is 0.397 e. The molecule has 5 atom stereocenters. The summed E-state index contributed by atoms with van der Waals surface area (Å²) in [7, 11) is -18.9. The number of rotatable bonds is 18. The summed E-state index contributed by atoms with van der Waals surface area (Å²) in [5, 5.41) is 0. The molecule has 18 nitrogen and oxygen atoms in total. The van der Waals surface area contributed by atoms with Crippen LogP contribution in [0.5, 0.6) is 0 Å². The Morgan fingerprint density at radius 1 is 0.500 bits per heavy atom. The van der Waals surface area contributed by atoms with Gasteiger partial charge in [-0.25, -0.2) is 16.7 Å². The lowest BCUT2D eigenvalue weighted by Gasteiger charge is -2.23. The van der Waals surface area contributed by atoms with Crippen molar-refractivity contribution >= 4 is 47.6 Å². The van der Waals surface area contributed by atoms with Crippen LogP contribution in [0, 0.1) is 0 Å². The molecule has 370 valence electrons. The second kappa shape index (κ2) is 33.4. The summed E-state index contributed by atoms with van der Waals surface area (Å²) >= 11 is 0. The molecule has 0 amide bonds. The molecule has 1 fully saturated rings. The van der Waals surface area contributed by atoms with E-state index >= 15 is 0 Å². The van der Waals surface area contributed by atoms with Crippen molar-refractivity contribution < 1.29 is 78.1 Å². The van der Waals surface area contributed by atoms with Gasteiger partial charge < -0.3 is 4.74 Å². The van der Waals surface area contributed by atoms with Crippen molar-refractivity contribution in [1.29, 1.82) is 0 Å². The van der Waals surface area contributed by atoms with Crippen molar-refractivity contribution in [2.45, 2.75) is 249 Å². The van der Waals surface area contributed by atoms with Gasteiger partial charge in [0.2, 0.25) is 0 Å². The van der Waals surface area contributed by atoms with Crippen LogP contribution in [0.4, 0.5) is 0 Å². The summed E-state index contributed by atoms with van der Waals surface area (Å²) in [6, 6.07) is 0. The zero-order valence-corrected chi connectivity index (χ0v) is 40.1. The minimum atomic E-state index is -4.81. The average molecular weight is 975 g/mol. The Morgan fingerprint density at radius 3 is 1.29 bits per heavy atom. The number of hydrogen-bond acceptors (Lipinski definition) is 14. The largest absolute Gasteiger partial charge is 0.462 e. The number of cyclic esters (lactones) is 1. The third-order valence-electron chi connectivity index (χ3n) is 11.0. The van der Waals surface area contributed by atoms with Crippen molar-refractivity contribution in [2.24, 2.45) is 0 Å². The lowest BCUT2D eigenvalue weighted by atomic mass is 9.98. The molecule has 0 saturated carbocycles. The van der Waals surface area contributed by atoms with E-state index in [0.717, 1.165) is 128 Å². The molecule has 4 N–H and O–H groups in total. The predicted molar refractivity (Wildman–Crippen MR) is 234 cm³/mol. The molecule has 62 heavy (non-hydrogen) atoms. The second-order valence-corrected chi connectivity index (χ2v) is 21.1. The van der Waals surface area contributed by atoms with E-state index in [9.17, 15) is 52.1 Å². The van der Waals surface area contributed by atoms with Crippen molar-refractivity contribution in [3.05, 3.63) is 0 Å². The lowest BCUT2D eigenvalue weighted by Crippen LogP contribution is -2.27. The third kappa shape index (κ3) is 39.3. The van der Waals surface area contributed by atoms with Crippen LogP contribution in [0.1, 0.15) is 219 Å². The maximum absolute atomic E-state index is 13.0. The first-order valence-corrected chi connectivity index (χ1v) is 28.4. The van der Waals surface area contributed by atoms with Gasteiger partial charge in [0.25, 0.3) is 0 Å². The van der Waals surface area contributed by atoms with Gasteiger partial charge in [0, 0.05) is 19.3 Å². The highest BCUT2D eigenvalue weighted by molar-refractivity contribution is 7.81. The highest BCUT2D eigenvalue weighted by Crippen LogP contribution is 2.25. The molecule has 1 heterocycles. The molecule has 0 bridgehead atoms. The standard InChI is InChI=1S/C40H78O18S4/c1-35(55-59(42,43)44)27-21-15-14-19-25-29-37(56-60(45,46)47)33-36-28-22-16-10-7-5-8-12-18-24-31-39(58-62(51,52)53)34-38(57-61(48,49)50)30-23-17-11-6-3-2-4-9-13-20-26-32-40(41)54-36/h35-39H,2-34H2,1H3,(H,42,43,44)(H,45,46,47)(H,48,49,50)(H,51,52,53). The summed E-state index contributed by atoms with van der Waals surface area (Å²) in [6.07, 6.45) is 18.8. The predicted octanol–water partition coefficient (Wildman–Crippen LogP) is 9.56. The van der Waals surface area contributed by atoms with Gasteiger partial charge in [0.1, 0.15) is 6.10 Å². The molecule has 0 aromatic rings. The Bertz CT molecular complexity index is 1610. The second-order valence-electron chi connectivity index (χ2n) is 16.9. The first kappa shape index (κ1) is 59.0. The first-order valence-electron chi connectivity index (χ1n) is 22.9. The van der Waals surface area contributed by atoms with E-state index in [4.69, 9.17) is 21.8 Å². The Kier molecular flexibility index (Phi) is 31.8. The summed E-state index contributed by atoms with van der Waals surface area (Å²) in [5.74, 6) is -0.348. The fourth-order valence-electron chi connectivity index (χ4n) is 7.99. The van der Waals surface area contributed by atoms with Gasteiger partial charge in [-0.1, -0.05) is 148 Å². The summed E-state index contributed by atoms with van der Waals surface area (Å²) < 4.78 is 154. The minimum absolute atomic E-state index is 0.111. The molecule has 0 radical (unpaired) electrons. The molecule has 1 rings (SSSR count). The van der Waals surface area contributed by atoms with Crippen molar-refractivity contribution in [2.75, 3.05) is 0 Å². The number of esters is 1. The molecule has 0 aromatic heterocycles. The maximum atomic E-state index is 13.0. The number of carbonyl (C=O) groups excluding carboxylic acids is 1. The zero-order chi connectivity index (χ0) is 46.3. The van der Waals surface area contributed by atoms with Crippen molar-refractivity contribution in [3.63, 3.8) is 0 Å². The number of ether oxygens (including phenoxy) is 1. The van der Waals surface area contributed by atoms with Crippen LogP contribution in [0.15, 0.2) is 0 Å². The Hall–Kier alpha value is -1.05. The Morgan fingerprint density at radius 2 is 0.871 bits per heavy atom. The molecular weight excluding hydrogens is 897 g/mol. The third-order valence-corrected chi connectivity index (χ3v) is 13.1. The lowest BCUT2D eigenvalue weighted by molar-refractivity contribution is -0.150. The summed E-state index contributed by atoms with van der Waals surface area (Å²) in [4.78, 5) is 13.0. The van der Waals surface area contributed by atoms with E-state index in [2.05, 4.69) is 4.18 Å².